The molecule has 0 aliphatic heterocycles. The molecule has 4 rings (SSSR count). The number of nitrogens with one attached hydrogen (secondary N) is 1. The molecule has 190 valence electrons. The molecule has 0 bridgehead atoms. The summed E-state index contributed by atoms with van der Waals surface area (Å²) < 4.78 is 8.41. The van der Waals surface area contributed by atoms with Gasteiger partial charge in [0.15, 0.2) is 11.4 Å². The summed E-state index contributed by atoms with van der Waals surface area (Å²) >= 11 is 0. The lowest BCUT2D eigenvalue weighted by molar-refractivity contribution is 0.301. The van der Waals surface area contributed by atoms with E-state index >= 15 is 0 Å². The second-order valence-corrected chi connectivity index (χ2v) is 12.7. The van der Waals surface area contributed by atoms with E-state index in [0.717, 1.165) is 40.5 Å². The highest BCUT2D eigenvalue weighted by molar-refractivity contribution is 5.79. The Morgan fingerprint density at radius 3 is 2.08 bits per heavy atom. The van der Waals surface area contributed by atoms with Gasteiger partial charge >= 0.3 is 0 Å². The van der Waals surface area contributed by atoms with Crippen molar-refractivity contribution in [1.82, 2.24) is 9.38 Å². The number of nitrogens with zero attached hydrogens (tertiary/aromatic N) is 2. The first-order valence-electron chi connectivity index (χ1n) is 12.9. The average molecular weight is 484 g/mol. The lowest BCUT2D eigenvalue weighted by atomic mass is 9.82. The molecule has 0 radical (unpaired) electrons. The Labute approximate surface area is 216 Å². The summed E-state index contributed by atoms with van der Waals surface area (Å²) in [5, 5.41) is 3.86. The number of rotatable bonds is 7. The minimum atomic E-state index is -0.130. The number of hydrogen-bond donors (Lipinski definition) is 1. The quantitative estimate of drug-likeness (QED) is 0.286. The van der Waals surface area contributed by atoms with E-state index in [1.54, 1.807) is 0 Å². The molecule has 2 heterocycles. The molecule has 4 heteroatoms. The van der Waals surface area contributed by atoms with Crippen molar-refractivity contribution in [1.29, 1.82) is 0 Å². The summed E-state index contributed by atoms with van der Waals surface area (Å²) in [4.78, 5) is 5.14. The highest BCUT2D eigenvalue weighted by Gasteiger charge is 2.28. The van der Waals surface area contributed by atoms with Crippen LogP contribution >= 0.6 is 0 Å². The van der Waals surface area contributed by atoms with Crippen molar-refractivity contribution in [2.24, 2.45) is 5.41 Å². The van der Waals surface area contributed by atoms with E-state index in [0.29, 0.717) is 6.61 Å². The van der Waals surface area contributed by atoms with Crippen LogP contribution in [0.15, 0.2) is 72.9 Å². The summed E-state index contributed by atoms with van der Waals surface area (Å²) in [6.07, 6.45) is 3.08. The van der Waals surface area contributed by atoms with E-state index in [2.05, 4.69) is 108 Å². The third-order valence-electron chi connectivity index (χ3n) is 6.30. The van der Waals surface area contributed by atoms with Gasteiger partial charge in [-0.3, -0.25) is 4.40 Å². The minimum Gasteiger partial charge on any atom is -0.485 e. The standard InChI is InChI=1S/C32H41N3O/c1-30(2,3)22-32(7,8)34-29-27(24-16-18-25(19-17-24)31(4,5)6)33-28-26(15-12-20-35(28)29)36-21-23-13-10-9-11-14-23/h9-20,34H,21-22H2,1-8H3. The third kappa shape index (κ3) is 6.10. The molecule has 0 spiro atoms. The number of ether oxygens (including phenoxy) is 1. The van der Waals surface area contributed by atoms with E-state index in [-0.39, 0.29) is 16.4 Å². The van der Waals surface area contributed by atoms with Crippen molar-refractivity contribution in [2.45, 2.75) is 79.4 Å². The zero-order valence-corrected chi connectivity index (χ0v) is 23.1. The summed E-state index contributed by atoms with van der Waals surface area (Å²) in [6.45, 7) is 18.6. The Morgan fingerprint density at radius 1 is 0.806 bits per heavy atom. The maximum atomic E-state index is 6.27. The Kier molecular flexibility index (Phi) is 6.92. The van der Waals surface area contributed by atoms with Gasteiger partial charge < -0.3 is 10.1 Å². The van der Waals surface area contributed by atoms with Gasteiger partial charge in [-0.1, -0.05) is 96.1 Å². The summed E-state index contributed by atoms with van der Waals surface area (Å²) in [6, 6.07) is 23.1. The van der Waals surface area contributed by atoms with Crippen molar-refractivity contribution in [2.75, 3.05) is 5.32 Å². The normalized spacial score (nSPS) is 12.7. The summed E-state index contributed by atoms with van der Waals surface area (Å²) in [5.74, 6) is 1.77. The Morgan fingerprint density at radius 2 is 1.47 bits per heavy atom. The van der Waals surface area contributed by atoms with Gasteiger partial charge in [0.25, 0.3) is 0 Å². The molecule has 0 saturated heterocycles. The van der Waals surface area contributed by atoms with Crippen LogP contribution in [0, 0.1) is 5.41 Å². The molecule has 0 atom stereocenters. The molecular formula is C32H41N3O. The summed E-state index contributed by atoms with van der Waals surface area (Å²) in [7, 11) is 0. The SMILES string of the molecule is CC(C)(C)CC(C)(C)Nc1c(-c2ccc(C(C)(C)C)cc2)nc2c(OCc3ccccc3)cccn12. The fourth-order valence-electron chi connectivity index (χ4n) is 5.03. The molecule has 1 N–H and O–H groups in total. The number of pyridine rings is 1. The third-order valence-corrected chi connectivity index (χ3v) is 6.30. The van der Waals surface area contributed by atoms with E-state index < -0.39 is 0 Å². The number of hydrogen-bond acceptors (Lipinski definition) is 3. The van der Waals surface area contributed by atoms with E-state index in [9.17, 15) is 0 Å². The Bertz CT molecular complexity index is 1300. The van der Waals surface area contributed by atoms with Crippen molar-refractivity contribution < 1.29 is 4.74 Å². The minimum absolute atomic E-state index is 0.103. The summed E-state index contributed by atoms with van der Waals surface area (Å²) in [5.41, 5.74) is 5.45. The van der Waals surface area contributed by atoms with Gasteiger partial charge in [-0.25, -0.2) is 4.98 Å². The molecule has 0 aliphatic rings. The molecular weight excluding hydrogens is 442 g/mol. The number of benzene rings is 2. The van der Waals surface area contributed by atoms with Crippen LogP contribution in [0.2, 0.25) is 0 Å². The van der Waals surface area contributed by atoms with Crippen LogP contribution in [0.1, 0.15) is 72.9 Å². The highest BCUT2D eigenvalue weighted by Crippen LogP contribution is 2.37. The topological polar surface area (TPSA) is 38.6 Å². The molecule has 0 amide bonds. The van der Waals surface area contributed by atoms with Gasteiger partial charge in [-0.15, -0.1) is 0 Å². The lowest BCUT2D eigenvalue weighted by Crippen LogP contribution is -2.36. The molecule has 0 unspecified atom stereocenters. The fraction of sp³-hybridized carbons (Fsp3) is 0.406. The number of fused-ring (bicyclic) bond motifs is 1. The van der Waals surface area contributed by atoms with Gasteiger partial charge in [0.2, 0.25) is 0 Å². The fourth-order valence-corrected chi connectivity index (χ4v) is 5.03. The van der Waals surface area contributed by atoms with Crippen LogP contribution in [-0.4, -0.2) is 14.9 Å². The average Bonchev–Trinajstić information content (AvgIpc) is 3.14. The van der Waals surface area contributed by atoms with Crippen molar-refractivity contribution >= 4 is 11.5 Å². The van der Waals surface area contributed by atoms with Gasteiger partial charge in [0.05, 0.1) is 0 Å². The van der Waals surface area contributed by atoms with Crippen molar-refractivity contribution in [3.8, 4) is 17.0 Å². The van der Waals surface area contributed by atoms with Crippen molar-refractivity contribution in [3.05, 3.63) is 84.1 Å². The maximum Gasteiger partial charge on any atom is 0.181 e. The monoisotopic (exact) mass is 483 g/mol. The zero-order valence-electron chi connectivity index (χ0n) is 23.1. The molecule has 4 aromatic rings. The van der Waals surface area contributed by atoms with Crippen LogP contribution < -0.4 is 10.1 Å². The maximum absolute atomic E-state index is 6.27. The lowest BCUT2D eigenvalue weighted by Gasteiger charge is -2.34. The predicted octanol–water partition coefficient (Wildman–Crippen LogP) is 8.50. The van der Waals surface area contributed by atoms with Crippen LogP contribution in [-0.2, 0) is 12.0 Å². The number of aromatic nitrogens is 2. The second kappa shape index (κ2) is 9.65. The Hall–Kier alpha value is -3.27. The second-order valence-electron chi connectivity index (χ2n) is 12.7. The van der Waals surface area contributed by atoms with E-state index in [4.69, 9.17) is 9.72 Å². The van der Waals surface area contributed by atoms with Crippen molar-refractivity contribution in [3.63, 3.8) is 0 Å². The molecule has 0 saturated carbocycles. The van der Waals surface area contributed by atoms with E-state index in [1.165, 1.54) is 5.56 Å². The zero-order chi connectivity index (χ0) is 26.1. The Balaban J connectivity index is 1.79. The number of imidazole rings is 1. The molecule has 2 aromatic carbocycles. The van der Waals surface area contributed by atoms with E-state index in [1.807, 2.05) is 30.3 Å². The van der Waals surface area contributed by atoms with Crippen LogP contribution in [0.5, 0.6) is 5.75 Å². The first-order valence-corrected chi connectivity index (χ1v) is 12.9. The smallest absolute Gasteiger partial charge is 0.181 e. The molecule has 36 heavy (non-hydrogen) atoms. The van der Waals surface area contributed by atoms with Gasteiger partial charge in [-0.05, 0) is 54.4 Å². The first kappa shape index (κ1) is 25.8. The molecule has 2 aromatic heterocycles. The van der Waals surface area contributed by atoms with Gasteiger partial charge in [0.1, 0.15) is 18.1 Å². The van der Waals surface area contributed by atoms with Crippen LogP contribution in [0.25, 0.3) is 16.9 Å². The molecule has 0 aliphatic carbocycles. The molecule has 4 nitrogen and oxygen atoms in total. The highest BCUT2D eigenvalue weighted by atomic mass is 16.5. The van der Waals surface area contributed by atoms with Crippen LogP contribution in [0.3, 0.4) is 0 Å². The van der Waals surface area contributed by atoms with Gasteiger partial charge in [-0.2, -0.15) is 0 Å². The first-order chi connectivity index (χ1) is 16.8. The number of anilines is 1. The predicted molar refractivity (Wildman–Crippen MR) is 152 cm³/mol. The largest absolute Gasteiger partial charge is 0.485 e. The van der Waals surface area contributed by atoms with Gasteiger partial charge in [0, 0.05) is 17.3 Å². The molecule has 0 fully saturated rings. The van der Waals surface area contributed by atoms with Crippen LogP contribution in [0.4, 0.5) is 5.82 Å².